The van der Waals surface area contributed by atoms with Gasteiger partial charge in [-0.1, -0.05) is 52.4 Å². The molecular weight excluding hydrogens is 352 g/mol. The van der Waals surface area contributed by atoms with Gasteiger partial charge in [0.2, 0.25) is 11.7 Å². The molecule has 0 aromatic carbocycles. The van der Waals surface area contributed by atoms with Crippen LogP contribution in [0.25, 0.3) is 0 Å². The van der Waals surface area contributed by atoms with E-state index in [1.54, 1.807) is 0 Å². The zero-order valence-corrected chi connectivity index (χ0v) is 17.0. The molecule has 1 aliphatic carbocycles. The van der Waals surface area contributed by atoms with Gasteiger partial charge >= 0.3 is 0 Å². The third-order valence-electron chi connectivity index (χ3n) is 7.28. The highest BCUT2D eigenvalue weighted by molar-refractivity contribution is 5.89. The average Bonchev–Trinajstić information content (AvgIpc) is 2.92. The minimum Gasteiger partial charge on any atom is -0.447 e. The Hall–Kier alpha value is -2.10. The lowest BCUT2D eigenvalue weighted by molar-refractivity contribution is -0.297. The Bertz CT molecular complexity index is 731. The van der Waals surface area contributed by atoms with E-state index in [1.807, 2.05) is 0 Å². The summed E-state index contributed by atoms with van der Waals surface area (Å²) in [7, 11) is 0. The zero-order valence-electron chi connectivity index (χ0n) is 17.0. The second kappa shape index (κ2) is 7.73. The van der Waals surface area contributed by atoms with Crippen LogP contribution >= 0.6 is 0 Å². The Morgan fingerprint density at radius 1 is 1.07 bits per heavy atom. The Balaban J connectivity index is 1.98. The molecule has 0 amide bonds. The fourth-order valence-electron chi connectivity index (χ4n) is 5.59. The molecule has 6 nitrogen and oxygen atoms in total. The predicted octanol–water partition coefficient (Wildman–Crippen LogP) is 4.82. The van der Waals surface area contributed by atoms with Crippen molar-refractivity contribution in [3.8, 4) is 18.2 Å². The van der Waals surface area contributed by atoms with E-state index in [-0.39, 0.29) is 5.90 Å². The first-order valence-corrected chi connectivity index (χ1v) is 10.7. The summed E-state index contributed by atoms with van der Waals surface area (Å²) in [5.74, 6) is -1.31. The molecule has 2 saturated heterocycles. The Kier molecular flexibility index (Phi) is 5.69. The van der Waals surface area contributed by atoms with Crippen molar-refractivity contribution in [3.05, 3.63) is 0 Å². The van der Waals surface area contributed by atoms with Crippen LogP contribution in [0.4, 0.5) is 0 Å². The van der Waals surface area contributed by atoms with Crippen molar-refractivity contribution in [1.82, 2.24) is 0 Å². The summed E-state index contributed by atoms with van der Waals surface area (Å²) >= 11 is 0. The summed E-state index contributed by atoms with van der Waals surface area (Å²) in [6.07, 6.45) is 8.23. The van der Waals surface area contributed by atoms with Gasteiger partial charge in [-0.2, -0.15) is 15.8 Å². The van der Waals surface area contributed by atoms with E-state index in [1.165, 1.54) is 0 Å². The van der Waals surface area contributed by atoms with Crippen molar-refractivity contribution in [2.24, 2.45) is 22.7 Å². The van der Waals surface area contributed by atoms with E-state index in [0.717, 1.165) is 44.9 Å². The number of nitriles is 3. The summed E-state index contributed by atoms with van der Waals surface area (Å²) in [6, 6.07) is 6.56. The van der Waals surface area contributed by atoms with Crippen LogP contribution in [0.3, 0.4) is 0 Å². The summed E-state index contributed by atoms with van der Waals surface area (Å²) in [6.45, 7) is 4.27. The smallest absolute Gasteiger partial charge is 0.217 e. The van der Waals surface area contributed by atoms with Gasteiger partial charge in [-0.25, -0.2) is 0 Å². The molecule has 0 radical (unpaired) electrons. The van der Waals surface area contributed by atoms with Crippen LogP contribution in [-0.2, 0) is 9.47 Å². The van der Waals surface area contributed by atoms with E-state index in [4.69, 9.17) is 14.9 Å². The van der Waals surface area contributed by atoms with Crippen LogP contribution in [0.2, 0.25) is 0 Å². The highest BCUT2D eigenvalue weighted by Crippen LogP contribution is 2.67. The lowest BCUT2D eigenvalue weighted by atomic mass is 9.51. The maximum Gasteiger partial charge on any atom is 0.217 e. The van der Waals surface area contributed by atoms with Crippen molar-refractivity contribution in [1.29, 1.82) is 21.2 Å². The number of nitrogens with one attached hydrogen (secondary N) is 1. The molecule has 6 heteroatoms. The Labute approximate surface area is 167 Å². The number of unbranched alkanes of at least 4 members (excludes halogenated alkanes) is 4. The van der Waals surface area contributed by atoms with E-state index in [0.29, 0.717) is 25.2 Å². The summed E-state index contributed by atoms with van der Waals surface area (Å²) in [4.78, 5) is 0. The molecule has 3 rings (SSSR count). The van der Waals surface area contributed by atoms with Gasteiger partial charge in [-0.3, -0.25) is 5.41 Å². The van der Waals surface area contributed by atoms with Gasteiger partial charge in [0.25, 0.3) is 0 Å². The molecule has 3 aliphatic rings. The molecule has 0 aromatic heterocycles. The second-order valence-electron chi connectivity index (χ2n) is 8.61. The number of hydrogen-bond donors (Lipinski definition) is 1. The van der Waals surface area contributed by atoms with Gasteiger partial charge < -0.3 is 9.47 Å². The van der Waals surface area contributed by atoms with E-state index in [9.17, 15) is 15.8 Å². The minimum atomic E-state index is -1.70. The molecule has 0 aromatic rings. The first-order valence-electron chi connectivity index (χ1n) is 10.7. The Morgan fingerprint density at radius 2 is 1.79 bits per heavy atom. The molecule has 1 N–H and O–H groups in total. The standard InChI is InChI=1S/C22H30N4O2/c1-3-5-6-7-8-9-18-20(13-23,14-24)21(15-25)17-12-16(4-2)10-11-22(17,27-18)28-19(21)26/h16-18,26H,3-12H2,1-2H3. The van der Waals surface area contributed by atoms with E-state index in [2.05, 4.69) is 32.1 Å². The summed E-state index contributed by atoms with van der Waals surface area (Å²) in [5.41, 5.74) is -3.25. The fourth-order valence-corrected chi connectivity index (χ4v) is 5.59. The van der Waals surface area contributed by atoms with E-state index < -0.39 is 28.6 Å². The SMILES string of the molecule is CCCCCCCC1OC23CCC(CC)CC2C(C#N)(C(=N)O3)C1(C#N)C#N. The number of ether oxygens (including phenoxy) is 2. The van der Waals surface area contributed by atoms with Crippen LogP contribution in [0.15, 0.2) is 0 Å². The van der Waals surface area contributed by atoms with Crippen LogP contribution in [0.1, 0.15) is 78.1 Å². The maximum absolute atomic E-state index is 10.3. The molecule has 5 unspecified atom stereocenters. The maximum atomic E-state index is 10.3. The third-order valence-corrected chi connectivity index (χ3v) is 7.28. The largest absolute Gasteiger partial charge is 0.447 e. The third kappa shape index (κ3) is 2.64. The van der Waals surface area contributed by atoms with Crippen LogP contribution in [-0.4, -0.2) is 17.8 Å². The Morgan fingerprint density at radius 3 is 2.39 bits per heavy atom. The van der Waals surface area contributed by atoms with Crippen molar-refractivity contribution in [3.63, 3.8) is 0 Å². The lowest BCUT2D eigenvalue weighted by Crippen LogP contribution is -2.64. The topological polar surface area (TPSA) is 114 Å². The average molecular weight is 383 g/mol. The molecule has 2 aliphatic heterocycles. The van der Waals surface area contributed by atoms with Gasteiger partial charge in [-0.15, -0.1) is 0 Å². The quantitative estimate of drug-likeness (QED) is 0.634. The highest BCUT2D eigenvalue weighted by atomic mass is 16.7. The molecule has 2 bridgehead atoms. The first kappa shape index (κ1) is 20.6. The molecule has 2 heterocycles. The summed E-state index contributed by atoms with van der Waals surface area (Å²) in [5, 5.41) is 39.1. The second-order valence-corrected chi connectivity index (χ2v) is 8.61. The van der Waals surface area contributed by atoms with Crippen molar-refractivity contribution in [2.45, 2.75) is 89.9 Å². The molecule has 0 spiro atoms. The minimum absolute atomic E-state index is 0.242. The van der Waals surface area contributed by atoms with Gasteiger partial charge in [0.05, 0.1) is 30.2 Å². The van der Waals surface area contributed by atoms with Gasteiger partial charge in [0.1, 0.15) is 0 Å². The number of hydrogen-bond acceptors (Lipinski definition) is 6. The van der Waals surface area contributed by atoms with E-state index >= 15 is 0 Å². The monoisotopic (exact) mass is 382 g/mol. The van der Waals surface area contributed by atoms with Crippen LogP contribution < -0.4 is 0 Å². The predicted molar refractivity (Wildman–Crippen MR) is 103 cm³/mol. The lowest BCUT2D eigenvalue weighted by Gasteiger charge is -2.52. The molecule has 150 valence electrons. The first-order chi connectivity index (χ1) is 13.5. The normalized spacial score (nSPS) is 37.8. The highest BCUT2D eigenvalue weighted by Gasteiger charge is 2.80. The van der Waals surface area contributed by atoms with Crippen LogP contribution in [0.5, 0.6) is 0 Å². The molecule has 3 fully saturated rings. The van der Waals surface area contributed by atoms with Crippen molar-refractivity contribution in [2.75, 3.05) is 0 Å². The van der Waals surface area contributed by atoms with Gasteiger partial charge in [-0.05, 0) is 25.2 Å². The van der Waals surface area contributed by atoms with Gasteiger partial charge in [0, 0.05) is 6.42 Å². The zero-order chi connectivity index (χ0) is 20.4. The molecular formula is C22H30N4O2. The van der Waals surface area contributed by atoms with Crippen molar-refractivity contribution >= 4 is 5.90 Å². The molecule has 1 saturated carbocycles. The molecule has 5 atom stereocenters. The molecule has 28 heavy (non-hydrogen) atoms. The van der Waals surface area contributed by atoms with Crippen molar-refractivity contribution < 1.29 is 9.47 Å². The fraction of sp³-hybridized carbons (Fsp3) is 0.818. The van der Waals surface area contributed by atoms with Crippen LogP contribution in [0, 0.1) is 62.1 Å². The van der Waals surface area contributed by atoms with Gasteiger partial charge in [0.15, 0.2) is 10.8 Å². The number of nitrogens with zero attached hydrogens (tertiary/aromatic N) is 3. The number of rotatable bonds is 7. The summed E-state index contributed by atoms with van der Waals surface area (Å²) < 4.78 is 12.3.